The molecule has 1 fully saturated rings. The average molecular weight is 190 g/mol. The molecule has 1 saturated heterocycles. The summed E-state index contributed by atoms with van der Waals surface area (Å²) in [4.78, 5) is 4.34. The number of nitrogens with zero attached hydrogens (tertiary/aromatic N) is 1. The molecular formula is C12H18N2. The normalized spacial score (nSPS) is 22.1. The Bertz CT molecular complexity index is 252. The van der Waals surface area contributed by atoms with Crippen molar-refractivity contribution in [2.75, 3.05) is 6.54 Å². The molecule has 1 aliphatic heterocycles. The highest BCUT2D eigenvalue weighted by Gasteiger charge is 2.11. The molecule has 1 aromatic heterocycles. The fourth-order valence-corrected chi connectivity index (χ4v) is 2.04. The Labute approximate surface area is 85.7 Å². The summed E-state index contributed by atoms with van der Waals surface area (Å²) in [7, 11) is 0. The molecule has 0 unspecified atom stereocenters. The fourth-order valence-electron chi connectivity index (χ4n) is 2.04. The van der Waals surface area contributed by atoms with Gasteiger partial charge in [0.1, 0.15) is 0 Å². The van der Waals surface area contributed by atoms with E-state index >= 15 is 0 Å². The van der Waals surface area contributed by atoms with Gasteiger partial charge < -0.3 is 5.32 Å². The summed E-state index contributed by atoms with van der Waals surface area (Å²) in [5, 5.41) is 3.56. The molecule has 1 aromatic rings. The Kier molecular flexibility index (Phi) is 3.52. The Morgan fingerprint density at radius 2 is 2.36 bits per heavy atom. The van der Waals surface area contributed by atoms with Crippen molar-refractivity contribution in [1.82, 2.24) is 10.3 Å². The summed E-state index contributed by atoms with van der Waals surface area (Å²) in [5.74, 6) is 0. The SMILES string of the molecule is c1ccc(CC[C@H]2CCCCN2)nc1. The Balaban J connectivity index is 1.76. The van der Waals surface area contributed by atoms with E-state index in [2.05, 4.69) is 22.4 Å². The molecule has 0 radical (unpaired) electrons. The van der Waals surface area contributed by atoms with Crippen molar-refractivity contribution in [2.24, 2.45) is 0 Å². The molecule has 0 amide bonds. The number of rotatable bonds is 3. The van der Waals surface area contributed by atoms with E-state index in [-0.39, 0.29) is 0 Å². The molecule has 0 saturated carbocycles. The van der Waals surface area contributed by atoms with E-state index in [1.807, 2.05) is 12.3 Å². The van der Waals surface area contributed by atoms with Crippen LogP contribution in [-0.4, -0.2) is 17.6 Å². The number of hydrogen-bond acceptors (Lipinski definition) is 2. The summed E-state index contributed by atoms with van der Waals surface area (Å²) in [5.41, 5.74) is 1.22. The lowest BCUT2D eigenvalue weighted by Gasteiger charge is -2.23. The van der Waals surface area contributed by atoms with Crippen molar-refractivity contribution < 1.29 is 0 Å². The third kappa shape index (κ3) is 2.81. The van der Waals surface area contributed by atoms with Gasteiger partial charge in [-0.1, -0.05) is 12.5 Å². The summed E-state index contributed by atoms with van der Waals surface area (Å²) >= 11 is 0. The smallest absolute Gasteiger partial charge is 0.0404 e. The van der Waals surface area contributed by atoms with E-state index in [1.54, 1.807) is 0 Å². The van der Waals surface area contributed by atoms with Crippen LogP contribution in [0.1, 0.15) is 31.4 Å². The van der Waals surface area contributed by atoms with Crippen LogP contribution in [0, 0.1) is 0 Å². The van der Waals surface area contributed by atoms with Crippen molar-refractivity contribution >= 4 is 0 Å². The third-order valence-electron chi connectivity index (χ3n) is 2.89. The second-order valence-electron chi connectivity index (χ2n) is 4.01. The van der Waals surface area contributed by atoms with Crippen LogP contribution in [0.25, 0.3) is 0 Å². The Morgan fingerprint density at radius 1 is 1.36 bits per heavy atom. The fraction of sp³-hybridized carbons (Fsp3) is 0.583. The maximum Gasteiger partial charge on any atom is 0.0404 e. The molecule has 76 valence electrons. The molecule has 0 spiro atoms. The van der Waals surface area contributed by atoms with Crippen LogP contribution in [0.5, 0.6) is 0 Å². The van der Waals surface area contributed by atoms with Gasteiger partial charge in [0.15, 0.2) is 0 Å². The maximum absolute atomic E-state index is 4.34. The van der Waals surface area contributed by atoms with Gasteiger partial charge in [0.2, 0.25) is 0 Å². The maximum atomic E-state index is 4.34. The lowest BCUT2D eigenvalue weighted by atomic mass is 10.00. The molecule has 2 heteroatoms. The average Bonchev–Trinajstić information content (AvgIpc) is 2.29. The molecule has 2 nitrogen and oxygen atoms in total. The predicted octanol–water partition coefficient (Wildman–Crippen LogP) is 2.16. The van der Waals surface area contributed by atoms with Gasteiger partial charge in [0.25, 0.3) is 0 Å². The summed E-state index contributed by atoms with van der Waals surface area (Å²) in [6, 6.07) is 6.88. The van der Waals surface area contributed by atoms with Gasteiger partial charge in [0.05, 0.1) is 0 Å². The van der Waals surface area contributed by atoms with Crippen molar-refractivity contribution in [3.8, 4) is 0 Å². The number of pyridine rings is 1. The summed E-state index contributed by atoms with van der Waals surface area (Å²) < 4.78 is 0. The van der Waals surface area contributed by atoms with Crippen LogP contribution in [0.3, 0.4) is 0 Å². The summed E-state index contributed by atoms with van der Waals surface area (Å²) in [6.07, 6.45) is 8.30. The van der Waals surface area contributed by atoms with Crippen LogP contribution < -0.4 is 5.32 Å². The van der Waals surface area contributed by atoms with E-state index < -0.39 is 0 Å². The molecule has 0 bridgehead atoms. The van der Waals surface area contributed by atoms with Crippen LogP contribution in [0.2, 0.25) is 0 Å². The van der Waals surface area contributed by atoms with Gasteiger partial charge in [-0.3, -0.25) is 4.98 Å². The highest BCUT2D eigenvalue weighted by atomic mass is 14.9. The Morgan fingerprint density at radius 3 is 3.07 bits per heavy atom. The van der Waals surface area contributed by atoms with Crippen molar-refractivity contribution in [1.29, 1.82) is 0 Å². The quantitative estimate of drug-likeness (QED) is 0.790. The number of piperidine rings is 1. The minimum absolute atomic E-state index is 0.728. The minimum Gasteiger partial charge on any atom is -0.314 e. The molecule has 0 aliphatic carbocycles. The number of nitrogens with one attached hydrogen (secondary N) is 1. The summed E-state index contributed by atoms with van der Waals surface area (Å²) in [6.45, 7) is 1.20. The molecule has 1 N–H and O–H groups in total. The monoisotopic (exact) mass is 190 g/mol. The first kappa shape index (κ1) is 9.66. The molecule has 1 atom stereocenters. The number of hydrogen-bond donors (Lipinski definition) is 1. The molecule has 14 heavy (non-hydrogen) atoms. The molecule has 1 aliphatic rings. The van der Waals surface area contributed by atoms with Gasteiger partial charge in [0, 0.05) is 17.9 Å². The minimum atomic E-state index is 0.728. The van der Waals surface area contributed by atoms with Crippen LogP contribution in [-0.2, 0) is 6.42 Å². The standard InChI is InChI=1S/C12H18N2/c1-3-9-13-11(5-1)7-8-12-6-2-4-10-14-12/h1,3,5,9,12,14H,2,4,6-8,10H2/t12-/m1/s1. The van der Waals surface area contributed by atoms with E-state index in [0.717, 1.165) is 12.5 Å². The van der Waals surface area contributed by atoms with E-state index in [0.29, 0.717) is 0 Å². The predicted molar refractivity (Wildman–Crippen MR) is 58.2 cm³/mol. The van der Waals surface area contributed by atoms with Crippen LogP contribution in [0.4, 0.5) is 0 Å². The van der Waals surface area contributed by atoms with Gasteiger partial charge in [-0.25, -0.2) is 0 Å². The number of aryl methyl sites for hydroxylation is 1. The van der Waals surface area contributed by atoms with Crippen LogP contribution in [0.15, 0.2) is 24.4 Å². The second kappa shape index (κ2) is 5.11. The van der Waals surface area contributed by atoms with Gasteiger partial charge in [-0.2, -0.15) is 0 Å². The first-order valence-electron chi connectivity index (χ1n) is 5.58. The second-order valence-corrected chi connectivity index (χ2v) is 4.01. The number of aromatic nitrogens is 1. The zero-order valence-corrected chi connectivity index (χ0v) is 8.58. The highest BCUT2D eigenvalue weighted by molar-refractivity contribution is 5.03. The van der Waals surface area contributed by atoms with Gasteiger partial charge >= 0.3 is 0 Å². The van der Waals surface area contributed by atoms with E-state index in [4.69, 9.17) is 0 Å². The molecule has 0 aromatic carbocycles. The third-order valence-corrected chi connectivity index (χ3v) is 2.89. The van der Waals surface area contributed by atoms with Crippen molar-refractivity contribution in [3.05, 3.63) is 30.1 Å². The van der Waals surface area contributed by atoms with Gasteiger partial charge in [-0.05, 0) is 44.4 Å². The first-order chi connectivity index (χ1) is 6.95. The molecule has 2 heterocycles. The lowest BCUT2D eigenvalue weighted by molar-refractivity contribution is 0.382. The van der Waals surface area contributed by atoms with Crippen LogP contribution >= 0.6 is 0 Å². The van der Waals surface area contributed by atoms with Crippen molar-refractivity contribution in [3.63, 3.8) is 0 Å². The zero-order chi connectivity index (χ0) is 9.64. The van der Waals surface area contributed by atoms with Gasteiger partial charge in [-0.15, -0.1) is 0 Å². The first-order valence-corrected chi connectivity index (χ1v) is 5.58. The molecular weight excluding hydrogens is 172 g/mol. The topological polar surface area (TPSA) is 24.9 Å². The molecule has 2 rings (SSSR count). The zero-order valence-electron chi connectivity index (χ0n) is 8.58. The van der Waals surface area contributed by atoms with E-state index in [1.165, 1.54) is 37.9 Å². The largest absolute Gasteiger partial charge is 0.314 e. The Hall–Kier alpha value is -0.890. The lowest BCUT2D eigenvalue weighted by Crippen LogP contribution is -2.34. The van der Waals surface area contributed by atoms with Crippen molar-refractivity contribution in [2.45, 2.75) is 38.1 Å². The highest BCUT2D eigenvalue weighted by Crippen LogP contribution is 2.12. The van der Waals surface area contributed by atoms with E-state index in [9.17, 15) is 0 Å².